The summed E-state index contributed by atoms with van der Waals surface area (Å²) in [5, 5.41) is 0. The van der Waals surface area contributed by atoms with E-state index >= 15 is 0 Å². The fourth-order valence-corrected chi connectivity index (χ4v) is 3.96. The van der Waals surface area contributed by atoms with Crippen LogP contribution >= 0.6 is 15.9 Å². The van der Waals surface area contributed by atoms with Crippen LogP contribution < -0.4 is 0 Å². The maximum absolute atomic E-state index is 13.7. The molecule has 4 nitrogen and oxygen atoms in total. The van der Waals surface area contributed by atoms with Gasteiger partial charge in [0.15, 0.2) is 11.6 Å². The Morgan fingerprint density at radius 3 is 2.48 bits per heavy atom. The number of nitrogens with zero attached hydrogens (tertiary/aromatic N) is 1. The van der Waals surface area contributed by atoms with Crippen LogP contribution in [0.4, 0.5) is 4.39 Å². The fraction of sp³-hybridized carbons (Fsp3) is 0.381. The van der Waals surface area contributed by atoms with Crippen LogP contribution in [-0.2, 0) is 16.0 Å². The molecule has 142 valence electrons. The molecule has 2 aliphatic heterocycles. The van der Waals surface area contributed by atoms with Gasteiger partial charge in [0.1, 0.15) is 5.82 Å². The van der Waals surface area contributed by atoms with Gasteiger partial charge >= 0.3 is 0 Å². The standard InChI is InChI=1S/C21H21BrFNO3/c22-18-5-4-17(13-19(18)23)20(25)16-3-1-2-15(12-16)14-24-8-6-21(7-9-24)26-10-11-27-21/h1-5,12-13H,6-11,14H2. The molecule has 0 N–H and O–H groups in total. The minimum atomic E-state index is -0.435. The van der Waals surface area contributed by atoms with Crippen LogP contribution in [0.3, 0.4) is 0 Å². The number of halogens is 2. The minimum absolute atomic E-state index is 0.173. The number of hydrogen-bond acceptors (Lipinski definition) is 4. The zero-order chi connectivity index (χ0) is 18.9. The van der Waals surface area contributed by atoms with Crippen molar-refractivity contribution in [3.05, 3.63) is 69.4 Å². The van der Waals surface area contributed by atoms with Crippen molar-refractivity contribution in [1.29, 1.82) is 0 Å². The maximum Gasteiger partial charge on any atom is 0.193 e. The first kappa shape index (κ1) is 18.7. The molecule has 0 atom stereocenters. The molecule has 27 heavy (non-hydrogen) atoms. The highest BCUT2D eigenvalue weighted by molar-refractivity contribution is 9.10. The summed E-state index contributed by atoms with van der Waals surface area (Å²) in [5.41, 5.74) is 2.00. The van der Waals surface area contributed by atoms with Crippen LogP contribution in [0.15, 0.2) is 46.9 Å². The highest BCUT2D eigenvalue weighted by atomic mass is 79.9. The molecule has 0 radical (unpaired) electrons. The van der Waals surface area contributed by atoms with Crippen molar-refractivity contribution in [2.75, 3.05) is 26.3 Å². The fourth-order valence-electron chi connectivity index (χ4n) is 3.71. The summed E-state index contributed by atoms with van der Waals surface area (Å²) in [6.07, 6.45) is 1.73. The Bertz CT molecular complexity index is 841. The molecule has 2 heterocycles. The molecular weight excluding hydrogens is 413 g/mol. The number of carbonyl (C=O) groups is 1. The molecule has 0 aromatic heterocycles. The van der Waals surface area contributed by atoms with Crippen molar-refractivity contribution >= 4 is 21.7 Å². The van der Waals surface area contributed by atoms with Crippen molar-refractivity contribution in [2.24, 2.45) is 0 Å². The lowest BCUT2D eigenvalue weighted by atomic mass is 10.00. The molecule has 0 aliphatic carbocycles. The van der Waals surface area contributed by atoms with Gasteiger partial charge in [-0.25, -0.2) is 4.39 Å². The number of piperidine rings is 1. The van der Waals surface area contributed by atoms with Gasteiger partial charge in [-0.15, -0.1) is 0 Å². The van der Waals surface area contributed by atoms with E-state index in [1.165, 1.54) is 6.07 Å². The molecule has 6 heteroatoms. The first-order chi connectivity index (χ1) is 13.0. The zero-order valence-electron chi connectivity index (χ0n) is 14.9. The van der Waals surface area contributed by atoms with E-state index in [1.54, 1.807) is 18.2 Å². The Balaban J connectivity index is 1.43. The third-order valence-corrected chi connectivity index (χ3v) is 5.85. The smallest absolute Gasteiger partial charge is 0.193 e. The van der Waals surface area contributed by atoms with Gasteiger partial charge in [-0.3, -0.25) is 9.69 Å². The summed E-state index contributed by atoms with van der Waals surface area (Å²) in [6.45, 7) is 3.93. The van der Waals surface area contributed by atoms with E-state index in [1.807, 2.05) is 18.2 Å². The number of ether oxygens (including phenoxy) is 2. The summed E-state index contributed by atoms with van der Waals surface area (Å²) in [6, 6.07) is 12.0. The van der Waals surface area contributed by atoms with E-state index in [4.69, 9.17) is 9.47 Å². The number of hydrogen-bond donors (Lipinski definition) is 0. The SMILES string of the molecule is O=C(c1cccc(CN2CCC3(CC2)OCCO3)c1)c1ccc(Br)c(F)c1. The van der Waals surface area contributed by atoms with Crippen LogP contribution in [0.5, 0.6) is 0 Å². The molecule has 0 bridgehead atoms. The number of carbonyl (C=O) groups excluding carboxylic acids is 1. The Morgan fingerprint density at radius 2 is 1.78 bits per heavy atom. The van der Waals surface area contributed by atoms with Gasteiger partial charge in [0.25, 0.3) is 0 Å². The molecule has 2 fully saturated rings. The molecule has 2 aromatic carbocycles. The number of likely N-dealkylation sites (tertiary alicyclic amines) is 1. The predicted octanol–water partition coefficient (Wildman–Crippen LogP) is 4.16. The van der Waals surface area contributed by atoms with Gasteiger partial charge in [-0.1, -0.05) is 18.2 Å². The van der Waals surface area contributed by atoms with Gasteiger partial charge in [0, 0.05) is 43.6 Å². The van der Waals surface area contributed by atoms with Crippen molar-refractivity contribution in [3.63, 3.8) is 0 Å². The monoisotopic (exact) mass is 433 g/mol. The molecule has 2 aromatic rings. The maximum atomic E-state index is 13.7. The molecule has 0 amide bonds. The molecule has 0 saturated carbocycles. The normalized spacial score (nSPS) is 19.5. The lowest BCUT2D eigenvalue weighted by molar-refractivity contribution is -0.185. The van der Waals surface area contributed by atoms with Gasteiger partial charge in [0.05, 0.1) is 17.7 Å². The summed E-state index contributed by atoms with van der Waals surface area (Å²) in [4.78, 5) is 15.0. The Morgan fingerprint density at radius 1 is 1.07 bits per heavy atom. The predicted molar refractivity (Wildman–Crippen MR) is 103 cm³/mol. The van der Waals surface area contributed by atoms with Crippen molar-refractivity contribution in [2.45, 2.75) is 25.2 Å². The highest BCUT2D eigenvalue weighted by Crippen LogP contribution is 2.31. The van der Waals surface area contributed by atoms with Crippen LogP contribution in [0.25, 0.3) is 0 Å². The third-order valence-electron chi connectivity index (χ3n) is 5.21. The van der Waals surface area contributed by atoms with E-state index < -0.39 is 5.82 Å². The largest absolute Gasteiger partial charge is 0.347 e. The average Bonchev–Trinajstić information content (AvgIpc) is 3.14. The van der Waals surface area contributed by atoms with Gasteiger partial charge in [0.2, 0.25) is 0 Å². The van der Waals surface area contributed by atoms with E-state index in [0.717, 1.165) is 38.0 Å². The van der Waals surface area contributed by atoms with Crippen LogP contribution in [0, 0.1) is 5.82 Å². The molecule has 4 rings (SSSR count). The second-order valence-corrected chi connectivity index (χ2v) is 7.90. The van der Waals surface area contributed by atoms with E-state index in [2.05, 4.69) is 20.8 Å². The second kappa shape index (κ2) is 7.80. The van der Waals surface area contributed by atoms with Crippen LogP contribution in [0.1, 0.15) is 34.3 Å². The quantitative estimate of drug-likeness (QED) is 0.678. The van der Waals surface area contributed by atoms with Crippen LogP contribution in [-0.4, -0.2) is 42.8 Å². The number of rotatable bonds is 4. The topological polar surface area (TPSA) is 38.8 Å². The van der Waals surface area contributed by atoms with Crippen molar-refractivity contribution in [1.82, 2.24) is 4.90 Å². The summed E-state index contributed by atoms with van der Waals surface area (Å²) in [5.74, 6) is -0.982. The lowest BCUT2D eigenvalue weighted by Gasteiger charge is -2.37. The van der Waals surface area contributed by atoms with E-state index in [-0.39, 0.29) is 11.6 Å². The zero-order valence-corrected chi connectivity index (χ0v) is 16.5. The molecule has 2 aliphatic rings. The first-order valence-electron chi connectivity index (χ1n) is 9.14. The molecule has 0 unspecified atom stereocenters. The number of benzene rings is 2. The summed E-state index contributed by atoms with van der Waals surface area (Å²) in [7, 11) is 0. The van der Waals surface area contributed by atoms with Crippen molar-refractivity contribution < 1.29 is 18.7 Å². The molecule has 2 saturated heterocycles. The average molecular weight is 434 g/mol. The van der Waals surface area contributed by atoms with Gasteiger partial charge in [-0.05, 0) is 45.8 Å². The lowest BCUT2D eigenvalue weighted by Crippen LogP contribution is -2.44. The second-order valence-electron chi connectivity index (χ2n) is 7.04. The van der Waals surface area contributed by atoms with E-state index in [0.29, 0.717) is 28.8 Å². The van der Waals surface area contributed by atoms with Gasteiger partial charge < -0.3 is 9.47 Å². The minimum Gasteiger partial charge on any atom is -0.347 e. The van der Waals surface area contributed by atoms with Gasteiger partial charge in [-0.2, -0.15) is 0 Å². The third kappa shape index (κ3) is 4.14. The summed E-state index contributed by atoms with van der Waals surface area (Å²) < 4.78 is 25.6. The van der Waals surface area contributed by atoms with Crippen molar-refractivity contribution in [3.8, 4) is 0 Å². The first-order valence-corrected chi connectivity index (χ1v) is 9.93. The molecule has 1 spiro atoms. The Kier molecular flexibility index (Phi) is 5.41. The Hall–Kier alpha value is -1.60. The highest BCUT2D eigenvalue weighted by Gasteiger charge is 2.39. The number of ketones is 1. The molecular formula is C21H21BrFNO3. The van der Waals surface area contributed by atoms with Crippen LogP contribution in [0.2, 0.25) is 0 Å². The summed E-state index contributed by atoms with van der Waals surface area (Å²) >= 11 is 3.11. The van der Waals surface area contributed by atoms with E-state index in [9.17, 15) is 9.18 Å². The Labute approximate surface area is 166 Å².